The minimum absolute atomic E-state index is 0.0196. The molecule has 2 aromatic heterocycles. The summed E-state index contributed by atoms with van der Waals surface area (Å²) in [6.07, 6.45) is 3.94. The van der Waals surface area contributed by atoms with Crippen molar-refractivity contribution in [2.24, 2.45) is 0 Å². The lowest BCUT2D eigenvalue weighted by molar-refractivity contribution is 0.578. The molecular formula is C8H6FN3O. The van der Waals surface area contributed by atoms with E-state index < -0.39 is 5.82 Å². The van der Waals surface area contributed by atoms with Gasteiger partial charge in [-0.05, 0) is 6.07 Å². The number of nitrogen functional groups attached to an aromatic ring is 1. The van der Waals surface area contributed by atoms with Crippen LogP contribution in [0.15, 0.2) is 29.1 Å². The van der Waals surface area contributed by atoms with Gasteiger partial charge in [-0.15, -0.1) is 0 Å². The first-order chi connectivity index (χ1) is 6.27. The van der Waals surface area contributed by atoms with Gasteiger partial charge in [0.1, 0.15) is 0 Å². The highest BCUT2D eigenvalue weighted by molar-refractivity contribution is 5.56. The van der Waals surface area contributed by atoms with Crippen LogP contribution in [0.3, 0.4) is 0 Å². The van der Waals surface area contributed by atoms with E-state index in [-0.39, 0.29) is 6.01 Å². The summed E-state index contributed by atoms with van der Waals surface area (Å²) in [5, 5.41) is 0. The van der Waals surface area contributed by atoms with Gasteiger partial charge in [0.15, 0.2) is 11.6 Å². The number of rotatable bonds is 1. The van der Waals surface area contributed by atoms with E-state index in [1.54, 1.807) is 0 Å². The van der Waals surface area contributed by atoms with Crippen molar-refractivity contribution in [2.45, 2.75) is 0 Å². The van der Waals surface area contributed by atoms with E-state index in [4.69, 9.17) is 10.2 Å². The van der Waals surface area contributed by atoms with Crippen molar-refractivity contribution in [1.29, 1.82) is 0 Å². The van der Waals surface area contributed by atoms with E-state index in [1.165, 1.54) is 18.5 Å². The van der Waals surface area contributed by atoms with Crippen molar-refractivity contribution >= 4 is 6.01 Å². The van der Waals surface area contributed by atoms with Gasteiger partial charge in [0.25, 0.3) is 6.01 Å². The largest absolute Gasteiger partial charge is 0.424 e. The molecule has 0 aromatic carbocycles. The Kier molecular flexibility index (Phi) is 1.70. The molecule has 2 rings (SSSR count). The molecule has 0 unspecified atom stereocenters. The second-order valence-electron chi connectivity index (χ2n) is 2.42. The maximum absolute atomic E-state index is 13.1. The van der Waals surface area contributed by atoms with Crippen LogP contribution in [0.5, 0.6) is 0 Å². The number of halogens is 1. The second kappa shape index (κ2) is 2.85. The molecule has 0 fully saturated rings. The van der Waals surface area contributed by atoms with Gasteiger partial charge >= 0.3 is 0 Å². The zero-order valence-corrected chi connectivity index (χ0v) is 6.57. The third-order valence-electron chi connectivity index (χ3n) is 1.56. The quantitative estimate of drug-likeness (QED) is 0.719. The average molecular weight is 179 g/mol. The lowest BCUT2D eigenvalue weighted by Gasteiger charge is -1.95. The molecule has 0 aliphatic carbocycles. The number of nitrogens with two attached hydrogens (primary N) is 1. The Hall–Kier alpha value is -1.91. The smallest absolute Gasteiger partial charge is 0.292 e. The number of nitrogens with zero attached hydrogens (tertiary/aromatic N) is 2. The van der Waals surface area contributed by atoms with Crippen LogP contribution >= 0.6 is 0 Å². The molecule has 0 bridgehead atoms. The van der Waals surface area contributed by atoms with Gasteiger partial charge < -0.3 is 10.2 Å². The molecule has 2 heterocycles. The Bertz CT molecular complexity index is 427. The average Bonchev–Trinajstić information content (AvgIpc) is 2.53. The van der Waals surface area contributed by atoms with Gasteiger partial charge in [0.05, 0.1) is 18.0 Å². The highest BCUT2D eigenvalue weighted by Gasteiger charge is 2.08. The van der Waals surface area contributed by atoms with E-state index in [2.05, 4.69) is 9.97 Å². The van der Waals surface area contributed by atoms with E-state index in [0.29, 0.717) is 11.3 Å². The van der Waals surface area contributed by atoms with E-state index in [9.17, 15) is 4.39 Å². The summed E-state index contributed by atoms with van der Waals surface area (Å²) in [7, 11) is 0. The molecule has 0 aliphatic heterocycles. The Labute approximate surface area is 73.2 Å². The van der Waals surface area contributed by atoms with Crippen molar-refractivity contribution in [2.75, 3.05) is 5.73 Å². The summed E-state index contributed by atoms with van der Waals surface area (Å²) >= 11 is 0. The standard InChI is InChI=1S/C8H6FN3O/c9-6-3-11-2-1-5(6)7-4-12-8(10)13-7/h1-4H,(H2,10,12). The molecule has 0 saturated carbocycles. The first-order valence-corrected chi connectivity index (χ1v) is 3.58. The number of oxazole rings is 1. The molecule has 0 radical (unpaired) electrons. The fraction of sp³-hybridized carbons (Fsp3) is 0. The molecular weight excluding hydrogens is 173 g/mol. The number of aromatic nitrogens is 2. The summed E-state index contributed by atoms with van der Waals surface area (Å²) in [6, 6.07) is 1.51. The topological polar surface area (TPSA) is 64.9 Å². The van der Waals surface area contributed by atoms with Gasteiger partial charge in [-0.2, -0.15) is 0 Å². The number of hydrogen-bond acceptors (Lipinski definition) is 4. The summed E-state index contributed by atoms with van der Waals surface area (Å²) in [6.45, 7) is 0. The van der Waals surface area contributed by atoms with Crippen LogP contribution in [0.1, 0.15) is 0 Å². The van der Waals surface area contributed by atoms with Crippen molar-refractivity contribution in [3.63, 3.8) is 0 Å². The lowest BCUT2D eigenvalue weighted by Crippen LogP contribution is -1.83. The predicted octanol–water partition coefficient (Wildman–Crippen LogP) is 1.46. The van der Waals surface area contributed by atoms with Gasteiger partial charge in [0.2, 0.25) is 0 Å². The molecule has 2 N–H and O–H groups in total. The molecule has 2 aromatic rings. The van der Waals surface area contributed by atoms with Gasteiger partial charge in [0, 0.05) is 6.20 Å². The summed E-state index contributed by atoms with van der Waals surface area (Å²) in [5.41, 5.74) is 5.55. The van der Waals surface area contributed by atoms with Crippen LogP contribution in [-0.4, -0.2) is 9.97 Å². The van der Waals surface area contributed by atoms with Gasteiger partial charge in [-0.1, -0.05) is 0 Å². The Balaban J connectivity index is 2.52. The molecule has 5 heteroatoms. The third-order valence-corrected chi connectivity index (χ3v) is 1.56. The SMILES string of the molecule is Nc1ncc(-c2ccncc2F)o1. The van der Waals surface area contributed by atoms with E-state index >= 15 is 0 Å². The zero-order valence-electron chi connectivity index (χ0n) is 6.57. The fourth-order valence-electron chi connectivity index (χ4n) is 0.987. The molecule has 0 spiro atoms. The van der Waals surface area contributed by atoms with Crippen molar-refractivity contribution in [3.8, 4) is 11.3 Å². The maximum Gasteiger partial charge on any atom is 0.292 e. The first kappa shape index (κ1) is 7.72. The number of pyridine rings is 1. The molecule has 66 valence electrons. The number of hydrogen-bond donors (Lipinski definition) is 1. The van der Waals surface area contributed by atoms with Crippen LogP contribution in [0.2, 0.25) is 0 Å². The van der Waals surface area contributed by atoms with Crippen LogP contribution in [0.25, 0.3) is 11.3 Å². The van der Waals surface area contributed by atoms with Crippen LogP contribution in [0.4, 0.5) is 10.4 Å². The van der Waals surface area contributed by atoms with E-state index in [0.717, 1.165) is 6.20 Å². The summed E-state index contributed by atoms with van der Waals surface area (Å²) in [5.74, 6) is -0.156. The minimum atomic E-state index is -0.460. The summed E-state index contributed by atoms with van der Waals surface area (Å²) in [4.78, 5) is 7.27. The fourth-order valence-corrected chi connectivity index (χ4v) is 0.987. The molecule has 4 nitrogen and oxygen atoms in total. The Morgan fingerprint density at radius 3 is 2.85 bits per heavy atom. The van der Waals surface area contributed by atoms with Crippen LogP contribution < -0.4 is 5.73 Å². The van der Waals surface area contributed by atoms with Gasteiger partial charge in [-0.3, -0.25) is 4.98 Å². The molecule has 0 saturated heterocycles. The summed E-state index contributed by atoms with van der Waals surface area (Å²) < 4.78 is 18.0. The van der Waals surface area contributed by atoms with E-state index in [1.807, 2.05) is 0 Å². The molecule has 0 amide bonds. The lowest BCUT2D eigenvalue weighted by atomic mass is 10.2. The monoisotopic (exact) mass is 179 g/mol. The normalized spacial score (nSPS) is 10.2. The van der Waals surface area contributed by atoms with Crippen molar-refractivity contribution in [3.05, 3.63) is 30.5 Å². The maximum atomic E-state index is 13.1. The minimum Gasteiger partial charge on any atom is -0.424 e. The van der Waals surface area contributed by atoms with Gasteiger partial charge in [-0.25, -0.2) is 9.37 Å². The highest BCUT2D eigenvalue weighted by Crippen LogP contribution is 2.22. The predicted molar refractivity (Wildman–Crippen MR) is 44.1 cm³/mol. The Morgan fingerprint density at radius 1 is 1.38 bits per heavy atom. The zero-order chi connectivity index (χ0) is 9.26. The Morgan fingerprint density at radius 2 is 2.23 bits per heavy atom. The van der Waals surface area contributed by atoms with Crippen molar-refractivity contribution in [1.82, 2.24) is 9.97 Å². The first-order valence-electron chi connectivity index (χ1n) is 3.58. The number of anilines is 1. The van der Waals surface area contributed by atoms with Crippen LogP contribution in [0, 0.1) is 5.82 Å². The molecule has 0 aliphatic rings. The molecule has 0 atom stereocenters. The highest BCUT2D eigenvalue weighted by atomic mass is 19.1. The third kappa shape index (κ3) is 1.35. The second-order valence-corrected chi connectivity index (χ2v) is 2.42. The van der Waals surface area contributed by atoms with Crippen molar-refractivity contribution < 1.29 is 8.81 Å². The molecule has 13 heavy (non-hydrogen) atoms. The van der Waals surface area contributed by atoms with Crippen LogP contribution in [-0.2, 0) is 0 Å².